The largest absolute Gasteiger partial charge is 0.384 e. The lowest BCUT2D eigenvalue weighted by molar-refractivity contribution is 0.0593. The first-order valence-electron chi connectivity index (χ1n) is 8.27. The summed E-state index contributed by atoms with van der Waals surface area (Å²) in [6.45, 7) is 6.33. The number of methoxy groups -OCH3 is 2. The van der Waals surface area contributed by atoms with Crippen molar-refractivity contribution in [3.63, 3.8) is 0 Å². The van der Waals surface area contributed by atoms with Gasteiger partial charge in [-0.1, -0.05) is 58.8 Å². The van der Waals surface area contributed by atoms with Crippen LogP contribution in [0, 0.1) is 11.8 Å². The molecule has 2 unspecified atom stereocenters. The summed E-state index contributed by atoms with van der Waals surface area (Å²) < 4.78 is 10.9. The van der Waals surface area contributed by atoms with Gasteiger partial charge in [-0.25, -0.2) is 0 Å². The van der Waals surface area contributed by atoms with E-state index in [0.717, 1.165) is 13.2 Å². The van der Waals surface area contributed by atoms with E-state index in [1.165, 1.54) is 57.8 Å². The molecule has 0 radical (unpaired) electrons. The molecule has 0 aromatic carbocycles. The highest BCUT2D eigenvalue weighted by molar-refractivity contribution is 4.70. The minimum absolute atomic E-state index is 0.679. The first-order chi connectivity index (χ1) is 9.29. The van der Waals surface area contributed by atoms with E-state index in [1.54, 1.807) is 0 Å². The standard InChI is InChI=1S/C17H36O2/c1-5-7-9-11-13-17(15-19-4)16(14-18-3)12-10-8-6-2/h16-17H,5-15H2,1-4H3. The Morgan fingerprint density at radius 3 is 1.47 bits per heavy atom. The highest BCUT2D eigenvalue weighted by Crippen LogP contribution is 2.25. The second-order valence-corrected chi connectivity index (χ2v) is 5.78. The van der Waals surface area contributed by atoms with Crippen LogP contribution in [0.4, 0.5) is 0 Å². The van der Waals surface area contributed by atoms with Crippen LogP contribution in [-0.4, -0.2) is 27.4 Å². The number of rotatable bonds is 14. The predicted molar refractivity (Wildman–Crippen MR) is 83.6 cm³/mol. The molecule has 0 heterocycles. The molecule has 2 atom stereocenters. The van der Waals surface area contributed by atoms with Crippen LogP contribution in [0.3, 0.4) is 0 Å². The van der Waals surface area contributed by atoms with Crippen LogP contribution in [0.1, 0.15) is 71.6 Å². The Kier molecular flexibility index (Phi) is 14.3. The molecular weight excluding hydrogens is 236 g/mol. The van der Waals surface area contributed by atoms with E-state index in [2.05, 4.69) is 13.8 Å². The van der Waals surface area contributed by atoms with Gasteiger partial charge in [-0.2, -0.15) is 0 Å². The number of ether oxygens (including phenoxy) is 2. The monoisotopic (exact) mass is 272 g/mol. The lowest BCUT2D eigenvalue weighted by Gasteiger charge is -2.26. The van der Waals surface area contributed by atoms with E-state index in [1.807, 2.05) is 14.2 Å². The normalized spacial score (nSPS) is 14.5. The molecule has 2 heteroatoms. The third-order valence-electron chi connectivity index (χ3n) is 4.04. The zero-order chi connectivity index (χ0) is 14.3. The molecule has 0 amide bonds. The summed E-state index contributed by atoms with van der Waals surface area (Å²) in [5.41, 5.74) is 0. The minimum atomic E-state index is 0.679. The molecule has 0 aliphatic carbocycles. The van der Waals surface area contributed by atoms with Crippen molar-refractivity contribution < 1.29 is 9.47 Å². The Labute approximate surface area is 121 Å². The van der Waals surface area contributed by atoms with E-state index < -0.39 is 0 Å². The zero-order valence-corrected chi connectivity index (χ0v) is 13.7. The fourth-order valence-corrected chi connectivity index (χ4v) is 2.83. The Morgan fingerprint density at radius 2 is 1.05 bits per heavy atom. The maximum absolute atomic E-state index is 5.44. The van der Waals surface area contributed by atoms with E-state index >= 15 is 0 Å². The first kappa shape index (κ1) is 18.9. The highest BCUT2D eigenvalue weighted by atomic mass is 16.5. The van der Waals surface area contributed by atoms with Crippen LogP contribution in [0.2, 0.25) is 0 Å². The summed E-state index contributed by atoms with van der Waals surface area (Å²) in [5, 5.41) is 0. The molecule has 2 nitrogen and oxygen atoms in total. The molecule has 19 heavy (non-hydrogen) atoms. The second-order valence-electron chi connectivity index (χ2n) is 5.78. The third-order valence-corrected chi connectivity index (χ3v) is 4.04. The van der Waals surface area contributed by atoms with Crippen molar-refractivity contribution in [2.45, 2.75) is 71.6 Å². The van der Waals surface area contributed by atoms with E-state index in [-0.39, 0.29) is 0 Å². The lowest BCUT2D eigenvalue weighted by Crippen LogP contribution is -2.24. The van der Waals surface area contributed by atoms with Crippen LogP contribution in [0.15, 0.2) is 0 Å². The lowest BCUT2D eigenvalue weighted by atomic mass is 9.85. The summed E-state index contributed by atoms with van der Waals surface area (Å²) in [6.07, 6.45) is 12.0. The predicted octanol–water partition coefficient (Wildman–Crippen LogP) is 5.06. The number of unbranched alkanes of at least 4 members (excludes halogenated alkanes) is 5. The molecule has 0 rings (SSSR count). The SMILES string of the molecule is CCCCCCC(COC)C(CCCCC)COC. The van der Waals surface area contributed by atoms with Crippen molar-refractivity contribution in [1.82, 2.24) is 0 Å². The molecule has 116 valence electrons. The van der Waals surface area contributed by atoms with Crippen molar-refractivity contribution in [3.8, 4) is 0 Å². The fourth-order valence-electron chi connectivity index (χ4n) is 2.83. The molecule has 0 saturated carbocycles. The molecule has 0 N–H and O–H groups in total. The maximum Gasteiger partial charge on any atom is 0.0493 e. The van der Waals surface area contributed by atoms with Crippen LogP contribution in [0.25, 0.3) is 0 Å². The Bertz CT molecular complexity index is 171. The molecule has 0 aliphatic rings. The van der Waals surface area contributed by atoms with Gasteiger partial charge in [0, 0.05) is 27.4 Å². The second kappa shape index (κ2) is 14.3. The molecule has 0 aromatic rings. The van der Waals surface area contributed by atoms with E-state index in [9.17, 15) is 0 Å². The van der Waals surface area contributed by atoms with Crippen LogP contribution < -0.4 is 0 Å². The minimum Gasteiger partial charge on any atom is -0.384 e. The van der Waals surface area contributed by atoms with Crippen molar-refractivity contribution in [2.75, 3.05) is 27.4 Å². The summed E-state index contributed by atoms with van der Waals surface area (Å²) >= 11 is 0. The molecular formula is C17H36O2. The zero-order valence-electron chi connectivity index (χ0n) is 13.7. The van der Waals surface area contributed by atoms with Gasteiger partial charge >= 0.3 is 0 Å². The van der Waals surface area contributed by atoms with Gasteiger partial charge in [0.05, 0.1) is 0 Å². The van der Waals surface area contributed by atoms with Gasteiger partial charge in [0.15, 0.2) is 0 Å². The van der Waals surface area contributed by atoms with Gasteiger partial charge in [0.1, 0.15) is 0 Å². The van der Waals surface area contributed by atoms with Gasteiger partial charge in [-0.05, 0) is 24.7 Å². The summed E-state index contributed by atoms with van der Waals surface area (Å²) in [4.78, 5) is 0. The van der Waals surface area contributed by atoms with E-state index in [4.69, 9.17) is 9.47 Å². The van der Waals surface area contributed by atoms with Gasteiger partial charge in [0.25, 0.3) is 0 Å². The van der Waals surface area contributed by atoms with Crippen molar-refractivity contribution in [1.29, 1.82) is 0 Å². The Balaban J connectivity index is 4.13. The quantitative estimate of drug-likeness (QED) is 0.411. The first-order valence-corrected chi connectivity index (χ1v) is 8.27. The van der Waals surface area contributed by atoms with Crippen molar-refractivity contribution in [3.05, 3.63) is 0 Å². The summed E-state index contributed by atoms with van der Waals surface area (Å²) in [6, 6.07) is 0. The molecule has 0 saturated heterocycles. The van der Waals surface area contributed by atoms with Crippen LogP contribution >= 0.6 is 0 Å². The Morgan fingerprint density at radius 1 is 0.632 bits per heavy atom. The Hall–Kier alpha value is -0.0800. The molecule has 0 fully saturated rings. The van der Waals surface area contributed by atoms with Crippen LogP contribution in [-0.2, 0) is 9.47 Å². The highest BCUT2D eigenvalue weighted by Gasteiger charge is 2.20. The smallest absolute Gasteiger partial charge is 0.0493 e. The van der Waals surface area contributed by atoms with Gasteiger partial charge in [0.2, 0.25) is 0 Å². The number of hydrogen-bond donors (Lipinski definition) is 0. The average Bonchev–Trinajstić information content (AvgIpc) is 2.42. The topological polar surface area (TPSA) is 18.5 Å². The van der Waals surface area contributed by atoms with E-state index in [0.29, 0.717) is 11.8 Å². The summed E-state index contributed by atoms with van der Waals surface area (Å²) in [5.74, 6) is 1.36. The molecule has 0 aliphatic heterocycles. The maximum atomic E-state index is 5.44. The van der Waals surface area contributed by atoms with Crippen LogP contribution in [0.5, 0.6) is 0 Å². The molecule has 0 spiro atoms. The number of hydrogen-bond acceptors (Lipinski definition) is 2. The van der Waals surface area contributed by atoms with Gasteiger partial charge in [-0.15, -0.1) is 0 Å². The summed E-state index contributed by atoms with van der Waals surface area (Å²) in [7, 11) is 3.66. The van der Waals surface area contributed by atoms with Crippen molar-refractivity contribution >= 4 is 0 Å². The van der Waals surface area contributed by atoms with Gasteiger partial charge < -0.3 is 9.47 Å². The molecule has 0 bridgehead atoms. The van der Waals surface area contributed by atoms with Gasteiger partial charge in [-0.3, -0.25) is 0 Å². The molecule has 0 aromatic heterocycles. The average molecular weight is 272 g/mol. The van der Waals surface area contributed by atoms with Crippen molar-refractivity contribution in [2.24, 2.45) is 11.8 Å². The third kappa shape index (κ3) is 10.4. The fraction of sp³-hybridized carbons (Fsp3) is 1.00.